The van der Waals surface area contributed by atoms with Gasteiger partial charge in [-0.2, -0.15) is 11.8 Å². The van der Waals surface area contributed by atoms with E-state index in [9.17, 15) is 4.79 Å². The van der Waals surface area contributed by atoms with Crippen LogP contribution in [0, 0.1) is 0 Å². The van der Waals surface area contributed by atoms with Crippen molar-refractivity contribution in [1.29, 1.82) is 0 Å². The third-order valence-corrected chi connectivity index (χ3v) is 2.54. The first-order valence-electron chi connectivity index (χ1n) is 4.21. The molecule has 0 heterocycles. The van der Waals surface area contributed by atoms with Crippen LogP contribution in [0.4, 0.5) is 0 Å². The first kappa shape index (κ1) is 11.1. The topological polar surface area (TPSA) is 63.3 Å². The number of carbonyl (C=O) groups is 1. The second kappa shape index (κ2) is 5.02. The lowest BCUT2D eigenvalue weighted by atomic mass is 10.1. The van der Waals surface area contributed by atoms with Gasteiger partial charge in [0.2, 0.25) is 0 Å². The minimum absolute atomic E-state index is 0.641. The quantitative estimate of drug-likeness (QED) is 0.794. The van der Waals surface area contributed by atoms with Crippen LogP contribution in [-0.4, -0.2) is 17.3 Å². The van der Waals surface area contributed by atoms with Crippen molar-refractivity contribution in [3.63, 3.8) is 0 Å². The van der Waals surface area contributed by atoms with E-state index >= 15 is 0 Å². The molecule has 0 bridgehead atoms. The van der Waals surface area contributed by atoms with E-state index in [1.165, 1.54) is 5.56 Å². The van der Waals surface area contributed by atoms with Crippen molar-refractivity contribution in [2.75, 3.05) is 6.26 Å². The fourth-order valence-corrected chi connectivity index (χ4v) is 1.66. The second-order valence-corrected chi connectivity index (χ2v) is 3.86. The van der Waals surface area contributed by atoms with Crippen LogP contribution in [0.2, 0.25) is 0 Å². The van der Waals surface area contributed by atoms with Gasteiger partial charge in [-0.05, 0) is 17.4 Å². The zero-order valence-corrected chi connectivity index (χ0v) is 8.75. The molecule has 1 unspecified atom stereocenters. The Morgan fingerprint density at radius 3 is 2.50 bits per heavy atom. The molecular weight excluding hydrogens is 198 g/mol. The van der Waals surface area contributed by atoms with Crippen LogP contribution < -0.4 is 5.73 Å². The Bertz CT molecular complexity index is 310. The summed E-state index contributed by atoms with van der Waals surface area (Å²) in [6, 6.07) is 6.44. The zero-order valence-electron chi connectivity index (χ0n) is 7.93. The van der Waals surface area contributed by atoms with Gasteiger partial charge in [-0.15, -0.1) is 0 Å². The normalized spacial score (nSPS) is 12.4. The molecule has 3 N–H and O–H groups in total. The summed E-state index contributed by atoms with van der Waals surface area (Å²) < 4.78 is 0. The summed E-state index contributed by atoms with van der Waals surface area (Å²) in [7, 11) is 0. The Labute approximate surface area is 87.3 Å². The summed E-state index contributed by atoms with van der Waals surface area (Å²) in [4.78, 5) is 10.6. The highest BCUT2D eigenvalue weighted by atomic mass is 32.2. The van der Waals surface area contributed by atoms with Gasteiger partial charge in [0.15, 0.2) is 0 Å². The molecule has 0 radical (unpaired) electrons. The lowest BCUT2D eigenvalue weighted by molar-refractivity contribution is -0.138. The maximum Gasteiger partial charge on any atom is 0.325 e. The van der Waals surface area contributed by atoms with Crippen LogP contribution in [0.15, 0.2) is 24.3 Å². The van der Waals surface area contributed by atoms with E-state index in [0.29, 0.717) is 5.56 Å². The third kappa shape index (κ3) is 2.75. The molecule has 0 fully saturated rings. The van der Waals surface area contributed by atoms with Crippen molar-refractivity contribution in [2.24, 2.45) is 5.73 Å². The lowest BCUT2D eigenvalue weighted by Crippen LogP contribution is -2.20. The predicted octanol–water partition coefficient (Wildman–Crippen LogP) is 1.63. The molecule has 0 aliphatic carbocycles. The van der Waals surface area contributed by atoms with Crippen molar-refractivity contribution in [2.45, 2.75) is 11.8 Å². The molecular formula is C10H13NO2S. The first-order chi connectivity index (χ1) is 6.65. The third-order valence-electron chi connectivity index (χ3n) is 1.92. The molecule has 0 aromatic heterocycles. The number of hydrogen-bond donors (Lipinski definition) is 2. The Kier molecular flexibility index (Phi) is 3.98. The molecule has 3 nitrogen and oxygen atoms in total. The van der Waals surface area contributed by atoms with Crippen LogP contribution in [-0.2, 0) is 10.5 Å². The predicted molar refractivity (Wildman–Crippen MR) is 58.2 cm³/mol. The minimum atomic E-state index is -0.998. The van der Waals surface area contributed by atoms with Gasteiger partial charge in [-0.1, -0.05) is 24.3 Å². The van der Waals surface area contributed by atoms with E-state index < -0.39 is 12.0 Å². The molecule has 14 heavy (non-hydrogen) atoms. The summed E-state index contributed by atoms with van der Waals surface area (Å²) >= 11 is 1.73. The number of benzene rings is 1. The zero-order chi connectivity index (χ0) is 10.6. The highest BCUT2D eigenvalue weighted by molar-refractivity contribution is 7.97. The number of carboxylic acids is 1. The van der Waals surface area contributed by atoms with Gasteiger partial charge < -0.3 is 10.8 Å². The number of carboxylic acid groups (broad SMARTS) is 1. The first-order valence-corrected chi connectivity index (χ1v) is 5.60. The van der Waals surface area contributed by atoms with E-state index in [0.717, 1.165) is 5.75 Å². The van der Waals surface area contributed by atoms with Gasteiger partial charge in [0.1, 0.15) is 6.04 Å². The number of aliphatic carboxylic acids is 1. The van der Waals surface area contributed by atoms with E-state index in [-0.39, 0.29) is 0 Å². The fourth-order valence-electron chi connectivity index (χ4n) is 1.13. The maximum atomic E-state index is 10.6. The summed E-state index contributed by atoms with van der Waals surface area (Å²) in [5, 5.41) is 8.68. The maximum absolute atomic E-state index is 10.6. The SMILES string of the molecule is CSCc1ccc(C(N)C(=O)O)cc1. The average Bonchev–Trinajstić information content (AvgIpc) is 2.18. The Morgan fingerprint density at radius 1 is 1.50 bits per heavy atom. The molecule has 1 aromatic carbocycles. The van der Waals surface area contributed by atoms with Crippen LogP contribution >= 0.6 is 11.8 Å². The van der Waals surface area contributed by atoms with Gasteiger partial charge in [-0.3, -0.25) is 4.79 Å². The monoisotopic (exact) mass is 211 g/mol. The smallest absolute Gasteiger partial charge is 0.325 e. The summed E-state index contributed by atoms with van der Waals surface area (Å²) in [5.41, 5.74) is 7.28. The highest BCUT2D eigenvalue weighted by Gasteiger charge is 2.13. The van der Waals surface area contributed by atoms with Crippen LogP contribution in [0.1, 0.15) is 17.2 Å². The van der Waals surface area contributed by atoms with Crippen molar-refractivity contribution < 1.29 is 9.90 Å². The highest BCUT2D eigenvalue weighted by Crippen LogP contribution is 2.14. The van der Waals surface area contributed by atoms with Crippen molar-refractivity contribution >= 4 is 17.7 Å². The van der Waals surface area contributed by atoms with Gasteiger partial charge >= 0.3 is 5.97 Å². The number of rotatable bonds is 4. The minimum Gasteiger partial charge on any atom is -0.480 e. The van der Waals surface area contributed by atoms with Crippen LogP contribution in [0.5, 0.6) is 0 Å². The van der Waals surface area contributed by atoms with E-state index in [1.54, 1.807) is 23.9 Å². The summed E-state index contributed by atoms with van der Waals surface area (Å²) in [5.74, 6) is -0.0645. The molecule has 1 aromatic rings. The molecule has 0 saturated carbocycles. The van der Waals surface area contributed by atoms with Gasteiger partial charge in [0.25, 0.3) is 0 Å². The standard InChI is InChI=1S/C10H13NO2S/c1-14-6-7-2-4-8(5-3-7)9(11)10(12)13/h2-5,9H,6,11H2,1H3,(H,12,13). The number of thioether (sulfide) groups is 1. The summed E-state index contributed by atoms with van der Waals surface area (Å²) in [6.45, 7) is 0. The van der Waals surface area contributed by atoms with Crippen molar-refractivity contribution in [3.8, 4) is 0 Å². The Balaban J connectivity index is 2.77. The Morgan fingerprint density at radius 2 is 2.07 bits per heavy atom. The lowest BCUT2D eigenvalue weighted by Gasteiger charge is -2.07. The van der Waals surface area contributed by atoms with Gasteiger partial charge in [-0.25, -0.2) is 0 Å². The van der Waals surface area contributed by atoms with E-state index in [1.807, 2.05) is 18.4 Å². The molecule has 0 aliphatic rings. The molecule has 76 valence electrons. The average molecular weight is 211 g/mol. The van der Waals surface area contributed by atoms with Gasteiger partial charge in [0.05, 0.1) is 0 Å². The largest absolute Gasteiger partial charge is 0.480 e. The van der Waals surface area contributed by atoms with E-state index in [4.69, 9.17) is 10.8 Å². The molecule has 1 rings (SSSR count). The van der Waals surface area contributed by atoms with E-state index in [2.05, 4.69) is 0 Å². The molecule has 0 saturated heterocycles. The molecule has 0 aliphatic heterocycles. The van der Waals surface area contributed by atoms with Gasteiger partial charge in [0, 0.05) is 5.75 Å². The number of hydrogen-bond acceptors (Lipinski definition) is 3. The molecule has 4 heteroatoms. The summed E-state index contributed by atoms with van der Waals surface area (Å²) in [6.07, 6.45) is 2.02. The van der Waals surface area contributed by atoms with Crippen molar-refractivity contribution in [1.82, 2.24) is 0 Å². The molecule has 0 spiro atoms. The fraction of sp³-hybridized carbons (Fsp3) is 0.300. The molecule has 0 amide bonds. The van der Waals surface area contributed by atoms with Crippen LogP contribution in [0.3, 0.4) is 0 Å². The number of nitrogens with two attached hydrogens (primary N) is 1. The Hall–Kier alpha value is -1.00. The van der Waals surface area contributed by atoms with Crippen LogP contribution in [0.25, 0.3) is 0 Å². The second-order valence-electron chi connectivity index (χ2n) is 2.99. The molecule has 1 atom stereocenters. The van der Waals surface area contributed by atoms with Crippen molar-refractivity contribution in [3.05, 3.63) is 35.4 Å².